The highest BCUT2D eigenvalue weighted by Crippen LogP contribution is 2.31. The van der Waals surface area contributed by atoms with Crippen molar-refractivity contribution in [2.24, 2.45) is 0 Å². The van der Waals surface area contributed by atoms with Crippen LogP contribution < -0.4 is 0 Å². The van der Waals surface area contributed by atoms with Crippen LogP contribution in [0, 0.1) is 0 Å². The van der Waals surface area contributed by atoms with Crippen molar-refractivity contribution in [3.05, 3.63) is 0 Å². The van der Waals surface area contributed by atoms with E-state index in [0.717, 1.165) is 6.42 Å². The Morgan fingerprint density at radius 2 is 1.50 bits per heavy atom. The smallest absolute Gasteiger partial charge is 0.158 e. The Bertz CT molecular complexity index is 225. The number of unbranched alkanes of at least 4 members (excludes halogenated alkanes) is 3. The molecular weight excluding hydrogens is 240 g/mol. The Morgan fingerprint density at radius 1 is 0.833 bits per heavy atom. The number of hydrogen-bond acceptors (Lipinski definition) is 2. The van der Waals surface area contributed by atoms with Crippen LogP contribution in [0.5, 0.6) is 0 Å². The van der Waals surface area contributed by atoms with Gasteiger partial charge in [-0.25, -0.2) is 0 Å². The minimum absolute atomic E-state index is 0.0788. The molecule has 1 saturated heterocycles. The highest BCUT2D eigenvalue weighted by molar-refractivity contribution is 6.77. The van der Waals surface area contributed by atoms with Crippen LogP contribution in [0.25, 0.3) is 0 Å². The second-order valence-electron chi connectivity index (χ2n) is 6.66. The van der Waals surface area contributed by atoms with Gasteiger partial charge in [0.1, 0.15) is 0 Å². The van der Waals surface area contributed by atoms with Gasteiger partial charge in [-0.1, -0.05) is 59.2 Å². The summed E-state index contributed by atoms with van der Waals surface area (Å²) in [5.41, 5.74) is 0.399. The molecule has 1 rings (SSSR count). The Kier molecular flexibility index (Phi) is 6.89. The molecule has 0 aromatic carbocycles. The van der Waals surface area contributed by atoms with Gasteiger partial charge in [0.25, 0.3) is 0 Å². The fraction of sp³-hybridized carbons (Fsp3) is 1.00. The van der Waals surface area contributed by atoms with Crippen LogP contribution in [-0.4, -0.2) is 26.2 Å². The zero-order valence-electron chi connectivity index (χ0n) is 13.0. The van der Waals surface area contributed by atoms with Crippen molar-refractivity contribution in [2.45, 2.75) is 96.6 Å². The van der Waals surface area contributed by atoms with Gasteiger partial charge in [0.05, 0.1) is 19.9 Å². The molecule has 0 aromatic rings. The van der Waals surface area contributed by atoms with Crippen LogP contribution in [0.15, 0.2) is 0 Å². The lowest BCUT2D eigenvalue weighted by molar-refractivity contribution is -0.0673. The van der Waals surface area contributed by atoms with Crippen LogP contribution in [-0.2, 0) is 9.47 Å². The maximum Gasteiger partial charge on any atom is 0.158 e. The standard InChI is InChI=1S/C15H32O2Si/c1-6-8-10-12-14-16-13(11-9-7-2)15(17-14)18(3,4)5/h13-15H,6-12H2,1-5H3/t13-,14-,15+/m0/s1. The summed E-state index contributed by atoms with van der Waals surface area (Å²) in [7, 11) is -1.27. The fourth-order valence-corrected chi connectivity index (χ4v) is 4.55. The maximum atomic E-state index is 6.22. The van der Waals surface area contributed by atoms with Crippen molar-refractivity contribution in [3.8, 4) is 0 Å². The zero-order valence-corrected chi connectivity index (χ0v) is 14.0. The highest BCUT2D eigenvalue weighted by Gasteiger charge is 2.42. The van der Waals surface area contributed by atoms with Crippen molar-refractivity contribution in [2.75, 3.05) is 0 Å². The summed E-state index contributed by atoms with van der Waals surface area (Å²) in [4.78, 5) is 0. The molecule has 1 aliphatic rings. The van der Waals surface area contributed by atoms with Gasteiger partial charge < -0.3 is 9.47 Å². The van der Waals surface area contributed by atoms with Crippen molar-refractivity contribution < 1.29 is 9.47 Å². The number of ether oxygens (including phenoxy) is 2. The van der Waals surface area contributed by atoms with Gasteiger partial charge in [-0.15, -0.1) is 0 Å². The average molecular weight is 273 g/mol. The summed E-state index contributed by atoms with van der Waals surface area (Å²) in [5.74, 6) is 0. The van der Waals surface area contributed by atoms with Gasteiger partial charge in [0, 0.05) is 0 Å². The third-order valence-electron chi connectivity index (χ3n) is 3.70. The monoisotopic (exact) mass is 272 g/mol. The Morgan fingerprint density at radius 3 is 2.06 bits per heavy atom. The summed E-state index contributed by atoms with van der Waals surface area (Å²) in [6, 6.07) is 0. The van der Waals surface area contributed by atoms with Crippen molar-refractivity contribution >= 4 is 8.07 Å². The van der Waals surface area contributed by atoms with Gasteiger partial charge in [0.2, 0.25) is 0 Å². The Hall–Kier alpha value is 0.137. The van der Waals surface area contributed by atoms with Crippen molar-refractivity contribution in [3.63, 3.8) is 0 Å². The molecule has 0 radical (unpaired) electrons. The van der Waals surface area contributed by atoms with E-state index in [1.807, 2.05) is 0 Å². The van der Waals surface area contributed by atoms with E-state index in [2.05, 4.69) is 33.5 Å². The minimum atomic E-state index is -1.27. The lowest BCUT2D eigenvalue weighted by Gasteiger charge is -2.27. The van der Waals surface area contributed by atoms with Crippen molar-refractivity contribution in [1.82, 2.24) is 0 Å². The zero-order chi connectivity index (χ0) is 13.6. The van der Waals surface area contributed by atoms with Crippen LogP contribution in [0.4, 0.5) is 0 Å². The van der Waals surface area contributed by atoms with Gasteiger partial charge in [-0.05, 0) is 19.3 Å². The quantitative estimate of drug-likeness (QED) is 0.469. The summed E-state index contributed by atoms with van der Waals surface area (Å²) >= 11 is 0. The highest BCUT2D eigenvalue weighted by atomic mass is 28.3. The average Bonchev–Trinajstić information content (AvgIpc) is 2.70. The van der Waals surface area contributed by atoms with Gasteiger partial charge >= 0.3 is 0 Å². The van der Waals surface area contributed by atoms with Crippen LogP contribution in [0.3, 0.4) is 0 Å². The van der Waals surface area contributed by atoms with Gasteiger partial charge in [-0.2, -0.15) is 0 Å². The lowest BCUT2D eigenvalue weighted by atomic mass is 10.2. The molecule has 3 heteroatoms. The van der Waals surface area contributed by atoms with Gasteiger partial charge in [-0.3, -0.25) is 0 Å². The molecule has 0 saturated carbocycles. The largest absolute Gasteiger partial charge is 0.350 e. The van der Waals surface area contributed by atoms with E-state index in [-0.39, 0.29) is 6.29 Å². The summed E-state index contributed by atoms with van der Waals surface area (Å²) in [5, 5.41) is 0. The van der Waals surface area contributed by atoms with E-state index < -0.39 is 8.07 Å². The molecule has 0 aromatic heterocycles. The molecule has 0 bridgehead atoms. The first-order valence-corrected chi connectivity index (χ1v) is 11.4. The third kappa shape index (κ3) is 5.02. The molecule has 2 nitrogen and oxygen atoms in total. The topological polar surface area (TPSA) is 18.5 Å². The predicted octanol–water partition coefficient (Wildman–Crippen LogP) is 4.74. The molecule has 1 aliphatic heterocycles. The second kappa shape index (κ2) is 7.66. The molecule has 0 amide bonds. The van der Waals surface area contributed by atoms with E-state index in [4.69, 9.17) is 9.47 Å². The van der Waals surface area contributed by atoms with E-state index in [0.29, 0.717) is 11.8 Å². The minimum Gasteiger partial charge on any atom is -0.350 e. The molecule has 3 atom stereocenters. The summed E-state index contributed by atoms with van der Waals surface area (Å²) in [6.07, 6.45) is 9.01. The van der Waals surface area contributed by atoms with Gasteiger partial charge in [0.15, 0.2) is 6.29 Å². The molecule has 0 unspecified atom stereocenters. The van der Waals surface area contributed by atoms with E-state index in [9.17, 15) is 0 Å². The molecule has 18 heavy (non-hydrogen) atoms. The maximum absolute atomic E-state index is 6.22. The fourth-order valence-electron chi connectivity index (χ4n) is 2.63. The molecular formula is C15H32O2Si. The van der Waals surface area contributed by atoms with E-state index in [1.165, 1.54) is 38.5 Å². The van der Waals surface area contributed by atoms with E-state index in [1.54, 1.807) is 0 Å². The Balaban J connectivity index is 2.47. The van der Waals surface area contributed by atoms with Crippen LogP contribution in [0.2, 0.25) is 19.6 Å². The molecule has 1 heterocycles. The van der Waals surface area contributed by atoms with Crippen LogP contribution in [0.1, 0.15) is 58.8 Å². The second-order valence-corrected chi connectivity index (χ2v) is 12.0. The SMILES string of the molecule is CCCCC[C@H]1O[C@@H](CCCC)[C@@H]([Si](C)(C)C)O1. The molecule has 0 spiro atoms. The predicted molar refractivity (Wildman–Crippen MR) is 80.5 cm³/mol. The molecule has 0 aliphatic carbocycles. The molecule has 108 valence electrons. The van der Waals surface area contributed by atoms with Crippen LogP contribution >= 0.6 is 0 Å². The molecule has 0 N–H and O–H groups in total. The molecule has 1 fully saturated rings. The lowest BCUT2D eigenvalue weighted by Crippen LogP contribution is -2.45. The first kappa shape index (κ1) is 16.2. The third-order valence-corrected chi connectivity index (χ3v) is 5.92. The first-order valence-electron chi connectivity index (χ1n) is 7.80. The van der Waals surface area contributed by atoms with E-state index >= 15 is 0 Å². The summed E-state index contributed by atoms with van der Waals surface area (Å²) < 4.78 is 12.4. The summed E-state index contributed by atoms with van der Waals surface area (Å²) in [6.45, 7) is 11.7. The number of rotatable bonds is 8. The Labute approximate surface area is 114 Å². The van der Waals surface area contributed by atoms with Crippen molar-refractivity contribution in [1.29, 1.82) is 0 Å². The first-order chi connectivity index (χ1) is 8.49. The number of hydrogen-bond donors (Lipinski definition) is 0. The normalized spacial score (nSPS) is 28.8.